The maximum Gasteiger partial charge on any atom is 0.242 e. The van der Waals surface area contributed by atoms with E-state index in [1.165, 1.54) is 11.9 Å². The minimum Gasteiger partial charge on any atom is -0.307 e. The van der Waals surface area contributed by atoms with Crippen LogP contribution in [0.5, 0.6) is 0 Å². The Labute approximate surface area is 148 Å². The lowest BCUT2D eigenvalue weighted by Gasteiger charge is -2.25. The zero-order valence-electron chi connectivity index (χ0n) is 14.2. The number of terminal acetylenes is 1. The zero-order valence-corrected chi connectivity index (χ0v) is 15.0. The van der Waals surface area contributed by atoms with Crippen molar-refractivity contribution >= 4 is 21.6 Å². The van der Waals surface area contributed by atoms with Crippen LogP contribution in [0.15, 0.2) is 54.6 Å². The lowest BCUT2D eigenvalue weighted by Crippen LogP contribution is -2.40. The Morgan fingerprint density at radius 3 is 2.40 bits per heavy atom. The van der Waals surface area contributed by atoms with Gasteiger partial charge in [0.2, 0.25) is 15.9 Å². The minimum absolute atomic E-state index is 0.244. The molecule has 5 nitrogen and oxygen atoms in total. The van der Waals surface area contributed by atoms with E-state index in [4.69, 9.17) is 6.42 Å². The largest absolute Gasteiger partial charge is 0.307 e. The first kappa shape index (κ1) is 18.7. The van der Waals surface area contributed by atoms with Gasteiger partial charge < -0.3 is 4.90 Å². The van der Waals surface area contributed by atoms with Crippen molar-refractivity contribution in [3.05, 3.63) is 65.7 Å². The lowest BCUT2D eigenvalue weighted by molar-refractivity contribution is -0.118. The summed E-state index contributed by atoms with van der Waals surface area (Å²) in [5, 5.41) is 0. The molecule has 0 fully saturated rings. The fourth-order valence-corrected chi connectivity index (χ4v) is 2.59. The van der Waals surface area contributed by atoms with Crippen LogP contribution < -0.4 is 4.90 Å². The molecular formula is C19H20N2O3S. The van der Waals surface area contributed by atoms with Crippen LogP contribution in [-0.2, 0) is 21.4 Å². The van der Waals surface area contributed by atoms with E-state index in [1.807, 2.05) is 30.3 Å². The van der Waals surface area contributed by atoms with Gasteiger partial charge in [-0.3, -0.25) is 4.79 Å². The number of rotatable bonds is 6. The molecule has 6 heteroatoms. The van der Waals surface area contributed by atoms with Gasteiger partial charge in [-0.25, -0.2) is 8.42 Å². The van der Waals surface area contributed by atoms with Crippen molar-refractivity contribution in [2.24, 2.45) is 0 Å². The average Bonchev–Trinajstić information content (AvgIpc) is 2.59. The Bertz CT molecular complexity index is 886. The molecule has 130 valence electrons. The summed E-state index contributed by atoms with van der Waals surface area (Å²) in [5.41, 5.74) is 2.22. The molecule has 2 aromatic rings. The highest BCUT2D eigenvalue weighted by Gasteiger charge is 2.22. The number of hydrogen-bond donors (Lipinski definition) is 0. The van der Waals surface area contributed by atoms with Crippen molar-refractivity contribution in [1.29, 1.82) is 0 Å². The van der Waals surface area contributed by atoms with Gasteiger partial charge >= 0.3 is 0 Å². The smallest absolute Gasteiger partial charge is 0.242 e. The monoisotopic (exact) mass is 356 g/mol. The molecule has 0 bridgehead atoms. The van der Waals surface area contributed by atoms with Crippen LogP contribution >= 0.6 is 0 Å². The van der Waals surface area contributed by atoms with Gasteiger partial charge in [0.25, 0.3) is 0 Å². The van der Waals surface area contributed by atoms with E-state index in [-0.39, 0.29) is 12.5 Å². The highest BCUT2D eigenvalue weighted by Crippen LogP contribution is 2.19. The first-order chi connectivity index (χ1) is 11.8. The second-order valence-corrected chi connectivity index (χ2v) is 7.77. The first-order valence-electron chi connectivity index (χ1n) is 7.63. The van der Waals surface area contributed by atoms with E-state index < -0.39 is 10.0 Å². The Balaban J connectivity index is 2.34. The highest BCUT2D eigenvalue weighted by molar-refractivity contribution is 7.88. The number of carbonyl (C=O) groups excluding carboxylic acids is 1. The predicted octanol–water partition coefficient (Wildman–Crippen LogP) is 2.09. The van der Waals surface area contributed by atoms with E-state index in [0.29, 0.717) is 17.8 Å². The summed E-state index contributed by atoms with van der Waals surface area (Å²) >= 11 is 0. The summed E-state index contributed by atoms with van der Waals surface area (Å²) in [4.78, 5) is 14.3. The molecule has 0 saturated carbocycles. The number of likely N-dealkylation sites (N-methyl/N-ethyl adjacent to an activating group) is 1. The third-order valence-corrected chi connectivity index (χ3v) is 4.99. The molecule has 0 N–H and O–H groups in total. The second kappa shape index (κ2) is 7.97. The van der Waals surface area contributed by atoms with Gasteiger partial charge in [0.15, 0.2) is 0 Å². The van der Waals surface area contributed by atoms with Crippen LogP contribution in [0.1, 0.15) is 11.1 Å². The van der Waals surface area contributed by atoms with Crippen LogP contribution in [-0.4, -0.2) is 38.5 Å². The van der Waals surface area contributed by atoms with Crippen molar-refractivity contribution in [2.45, 2.75) is 6.54 Å². The van der Waals surface area contributed by atoms with Gasteiger partial charge in [0, 0.05) is 18.3 Å². The molecule has 0 radical (unpaired) electrons. The topological polar surface area (TPSA) is 57.7 Å². The predicted molar refractivity (Wildman–Crippen MR) is 99.5 cm³/mol. The highest BCUT2D eigenvalue weighted by atomic mass is 32.2. The van der Waals surface area contributed by atoms with Crippen LogP contribution in [0.3, 0.4) is 0 Å². The number of nitrogens with zero attached hydrogens (tertiary/aromatic N) is 2. The molecule has 1 amide bonds. The maximum atomic E-state index is 12.8. The number of carbonyl (C=O) groups is 1. The van der Waals surface area contributed by atoms with E-state index in [9.17, 15) is 13.2 Å². The van der Waals surface area contributed by atoms with Gasteiger partial charge in [0.05, 0.1) is 19.3 Å². The first-order valence-corrected chi connectivity index (χ1v) is 9.48. The summed E-state index contributed by atoms with van der Waals surface area (Å²) in [6.07, 6.45) is 6.51. The Morgan fingerprint density at radius 1 is 1.12 bits per heavy atom. The third kappa shape index (κ3) is 5.18. The number of amides is 1. The van der Waals surface area contributed by atoms with Gasteiger partial charge in [-0.1, -0.05) is 42.3 Å². The Hall–Kier alpha value is -2.62. The molecule has 2 aromatic carbocycles. The zero-order chi connectivity index (χ0) is 18.4. The van der Waals surface area contributed by atoms with Crippen molar-refractivity contribution in [3.8, 4) is 12.3 Å². The Kier molecular flexibility index (Phi) is 5.97. The average molecular weight is 356 g/mol. The summed E-state index contributed by atoms with van der Waals surface area (Å²) in [6, 6.07) is 16.6. The van der Waals surface area contributed by atoms with E-state index in [0.717, 1.165) is 16.1 Å². The van der Waals surface area contributed by atoms with Crippen molar-refractivity contribution in [2.75, 3.05) is 24.7 Å². The molecule has 0 unspecified atom stereocenters. The number of anilines is 1. The quantitative estimate of drug-likeness (QED) is 0.745. The number of hydrogen-bond acceptors (Lipinski definition) is 3. The van der Waals surface area contributed by atoms with Gasteiger partial charge in [-0.15, -0.1) is 6.42 Å². The Morgan fingerprint density at radius 2 is 1.80 bits per heavy atom. The third-order valence-electron chi connectivity index (χ3n) is 3.73. The van der Waals surface area contributed by atoms with Crippen LogP contribution in [0.25, 0.3) is 0 Å². The van der Waals surface area contributed by atoms with Crippen LogP contribution in [0.4, 0.5) is 5.69 Å². The summed E-state index contributed by atoms with van der Waals surface area (Å²) in [5.74, 6) is 2.22. The molecular weight excluding hydrogens is 336 g/mol. The normalized spacial score (nSPS) is 11.1. The van der Waals surface area contributed by atoms with Crippen LogP contribution in [0.2, 0.25) is 0 Å². The van der Waals surface area contributed by atoms with Crippen LogP contribution in [0, 0.1) is 12.3 Å². The van der Waals surface area contributed by atoms with Gasteiger partial charge in [-0.05, 0) is 23.8 Å². The SMILES string of the molecule is C#Cc1cccc(N(Cc2ccccc2)C(=O)CN(C)S(C)(=O)=O)c1. The van der Waals surface area contributed by atoms with Crippen molar-refractivity contribution in [1.82, 2.24) is 4.31 Å². The molecule has 25 heavy (non-hydrogen) atoms. The summed E-state index contributed by atoms with van der Waals surface area (Å²) in [7, 11) is -2.07. The molecule has 0 aliphatic heterocycles. The van der Waals surface area contributed by atoms with Crippen molar-refractivity contribution in [3.63, 3.8) is 0 Å². The lowest BCUT2D eigenvalue weighted by atomic mass is 10.1. The summed E-state index contributed by atoms with van der Waals surface area (Å²) < 4.78 is 24.3. The molecule has 0 aliphatic rings. The molecule has 0 atom stereocenters. The van der Waals surface area contributed by atoms with E-state index in [2.05, 4.69) is 5.92 Å². The number of sulfonamides is 1. The van der Waals surface area contributed by atoms with Crippen molar-refractivity contribution < 1.29 is 13.2 Å². The maximum absolute atomic E-state index is 12.8. The van der Waals surface area contributed by atoms with Gasteiger partial charge in [-0.2, -0.15) is 4.31 Å². The number of benzene rings is 2. The van der Waals surface area contributed by atoms with E-state index >= 15 is 0 Å². The minimum atomic E-state index is -3.45. The molecule has 2 rings (SSSR count). The second-order valence-electron chi connectivity index (χ2n) is 5.68. The molecule has 0 saturated heterocycles. The van der Waals surface area contributed by atoms with E-state index in [1.54, 1.807) is 24.3 Å². The standard InChI is InChI=1S/C19H20N2O3S/c1-4-16-11-8-12-18(13-16)21(14-17-9-6-5-7-10-17)19(22)15-20(2)25(3,23)24/h1,5-13H,14-15H2,2-3H3. The fraction of sp³-hybridized carbons (Fsp3) is 0.211. The summed E-state index contributed by atoms with van der Waals surface area (Å²) in [6.45, 7) is 0.0806. The van der Waals surface area contributed by atoms with Gasteiger partial charge in [0.1, 0.15) is 0 Å². The molecule has 0 aliphatic carbocycles. The molecule has 0 spiro atoms. The molecule has 0 heterocycles. The fourth-order valence-electron chi connectivity index (χ4n) is 2.25. The molecule has 0 aromatic heterocycles.